The van der Waals surface area contributed by atoms with Crippen LogP contribution in [0.4, 0.5) is 11.5 Å². The molecule has 0 saturated heterocycles. The average Bonchev–Trinajstić information content (AvgIpc) is 2.34. The molecule has 5 nitrogen and oxygen atoms in total. The van der Waals surface area contributed by atoms with E-state index in [1.807, 2.05) is 0 Å². The summed E-state index contributed by atoms with van der Waals surface area (Å²) in [5.41, 5.74) is 6.27. The van der Waals surface area contributed by atoms with Gasteiger partial charge in [0.1, 0.15) is 0 Å². The molecule has 0 fully saturated rings. The summed E-state index contributed by atoms with van der Waals surface area (Å²) >= 11 is 5.93. The number of carbonyl (C=O) groups is 1. The Morgan fingerprint density at radius 1 is 1.35 bits per heavy atom. The minimum atomic E-state index is -0.372. The Balaban J connectivity index is 2.24. The Bertz CT molecular complexity index is 544. The summed E-state index contributed by atoms with van der Waals surface area (Å²) in [6.07, 6.45) is 4.44. The van der Waals surface area contributed by atoms with E-state index in [2.05, 4.69) is 15.3 Å². The number of rotatable bonds is 2. The zero-order chi connectivity index (χ0) is 12.3. The largest absolute Gasteiger partial charge is 0.398 e. The molecule has 0 spiro atoms. The van der Waals surface area contributed by atoms with Crippen molar-refractivity contribution in [3.05, 3.63) is 47.4 Å². The van der Waals surface area contributed by atoms with Crippen LogP contribution in [0.5, 0.6) is 0 Å². The lowest BCUT2D eigenvalue weighted by atomic mass is 10.2. The van der Waals surface area contributed by atoms with E-state index in [9.17, 15) is 4.79 Å². The first-order valence-electron chi connectivity index (χ1n) is 4.80. The number of nitrogen functional groups attached to an aromatic ring is 1. The highest BCUT2D eigenvalue weighted by Gasteiger charge is 2.12. The standard InChI is InChI=1S/C11H9ClN4O/c12-10-7(2-1-3-8(10)13)11(17)16-9-6-14-4-5-15-9/h1-6H,13H2,(H,15,16,17). The first-order valence-corrected chi connectivity index (χ1v) is 5.17. The second kappa shape index (κ2) is 4.80. The molecule has 0 aliphatic rings. The summed E-state index contributed by atoms with van der Waals surface area (Å²) < 4.78 is 0. The number of nitrogens with zero attached hydrogens (tertiary/aromatic N) is 2. The van der Waals surface area contributed by atoms with Crippen LogP contribution in [-0.4, -0.2) is 15.9 Å². The maximum atomic E-state index is 11.9. The van der Waals surface area contributed by atoms with Crippen LogP contribution in [0.25, 0.3) is 0 Å². The van der Waals surface area contributed by atoms with Gasteiger partial charge in [0.25, 0.3) is 5.91 Å². The number of aromatic nitrogens is 2. The quantitative estimate of drug-likeness (QED) is 0.796. The Hall–Kier alpha value is -2.14. The van der Waals surface area contributed by atoms with Crippen molar-refractivity contribution in [3.8, 4) is 0 Å². The highest BCUT2D eigenvalue weighted by atomic mass is 35.5. The van der Waals surface area contributed by atoms with Gasteiger partial charge in [-0.1, -0.05) is 17.7 Å². The first-order chi connectivity index (χ1) is 8.18. The number of carbonyl (C=O) groups excluding carboxylic acids is 1. The number of anilines is 2. The third kappa shape index (κ3) is 2.51. The van der Waals surface area contributed by atoms with E-state index in [1.165, 1.54) is 18.6 Å². The number of nitrogens with one attached hydrogen (secondary N) is 1. The molecule has 1 heterocycles. The summed E-state index contributed by atoms with van der Waals surface area (Å²) in [7, 11) is 0. The van der Waals surface area contributed by atoms with E-state index in [0.29, 0.717) is 17.1 Å². The Kier molecular flexibility index (Phi) is 3.20. The number of amides is 1. The van der Waals surface area contributed by atoms with Crippen molar-refractivity contribution in [2.75, 3.05) is 11.1 Å². The molecule has 1 amide bonds. The van der Waals surface area contributed by atoms with Gasteiger partial charge < -0.3 is 11.1 Å². The predicted octanol–water partition coefficient (Wildman–Crippen LogP) is 1.96. The molecule has 6 heteroatoms. The molecule has 2 aromatic rings. The van der Waals surface area contributed by atoms with Crippen molar-refractivity contribution in [3.63, 3.8) is 0 Å². The summed E-state index contributed by atoms with van der Waals surface area (Å²) in [5, 5.41) is 2.80. The summed E-state index contributed by atoms with van der Waals surface area (Å²) in [6, 6.07) is 4.87. The van der Waals surface area contributed by atoms with E-state index in [-0.39, 0.29) is 10.9 Å². The van der Waals surface area contributed by atoms with Gasteiger partial charge in [0.2, 0.25) is 0 Å². The van der Waals surface area contributed by atoms with Crippen molar-refractivity contribution < 1.29 is 4.79 Å². The molecular formula is C11H9ClN4O. The number of benzene rings is 1. The molecule has 0 aliphatic carbocycles. The average molecular weight is 249 g/mol. The summed E-state index contributed by atoms with van der Waals surface area (Å²) in [4.78, 5) is 19.6. The third-order valence-electron chi connectivity index (χ3n) is 2.08. The molecule has 0 bridgehead atoms. The molecular weight excluding hydrogens is 240 g/mol. The molecule has 1 aromatic carbocycles. The molecule has 2 rings (SSSR count). The topological polar surface area (TPSA) is 80.9 Å². The highest BCUT2D eigenvalue weighted by Crippen LogP contribution is 2.23. The van der Waals surface area contributed by atoms with Crippen LogP contribution in [0, 0.1) is 0 Å². The Morgan fingerprint density at radius 3 is 2.88 bits per heavy atom. The predicted molar refractivity (Wildman–Crippen MR) is 65.8 cm³/mol. The smallest absolute Gasteiger partial charge is 0.258 e. The molecule has 0 atom stereocenters. The SMILES string of the molecule is Nc1cccc(C(=O)Nc2cnccn2)c1Cl. The van der Waals surface area contributed by atoms with Gasteiger partial charge in [-0.2, -0.15) is 0 Å². The molecule has 1 aromatic heterocycles. The first kappa shape index (κ1) is 11.3. The summed E-state index contributed by atoms with van der Waals surface area (Å²) in [5.74, 6) is -0.0150. The van der Waals surface area contributed by atoms with Gasteiger partial charge in [0.15, 0.2) is 5.82 Å². The minimum absolute atomic E-state index is 0.230. The van der Waals surface area contributed by atoms with E-state index in [4.69, 9.17) is 17.3 Å². The maximum Gasteiger partial charge on any atom is 0.258 e. The molecule has 3 N–H and O–H groups in total. The van der Waals surface area contributed by atoms with Crippen molar-refractivity contribution in [1.82, 2.24) is 9.97 Å². The molecule has 0 unspecified atom stereocenters. The second-order valence-electron chi connectivity index (χ2n) is 3.25. The lowest BCUT2D eigenvalue weighted by Crippen LogP contribution is -2.14. The molecule has 0 radical (unpaired) electrons. The number of nitrogens with two attached hydrogens (primary N) is 1. The van der Waals surface area contributed by atoms with Crippen LogP contribution in [0.3, 0.4) is 0 Å². The monoisotopic (exact) mass is 248 g/mol. The van der Waals surface area contributed by atoms with Gasteiger partial charge in [-0.25, -0.2) is 4.98 Å². The minimum Gasteiger partial charge on any atom is -0.398 e. The van der Waals surface area contributed by atoms with Crippen molar-refractivity contribution >= 4 is 29.0 Å². The fraction of sp³-hybridized carbons (Fsp3) is 0. The highest BCUT2D eigenvalue weighted by molar-refractivity contribution is 6.36. The van der Waals surface area contributed by atoms with Gasteiger partial charge in [0.05, 0.1) is 22.5 Å². The number of halogens is 1. The zero-order valence-corrected chi connectivity index (χ0v) is 9.48. The lowest BCUT2D eigenvalue weighted by Gasteiger charge is -2.06. The van der Waals surface area contributed by atoms with Gasteiger partial charge in [0, 0.05) is 12.4 Å². The summed E-state index contributed by atoms with van der Waals surface area (Å²) in [6.45, 7) is 0. The van der Waals surface area contributed by atoms with E-state index in [0.717, 1.165) is 0 Å². The molecule has 0 aliphatic heterocycles. The van der Waals surface area contributed by atoms with Gasteiger partial charge in [-0.05, 0) is 12.1 Å². The molecule has 17 heavy (non-hydrogen) atoms. The van der Waals surface area contributed by atoms with Crippen LogP contribution >= 0.6 is 11.6 Å². The van der Waals surface area contributed by atoms with Gasteiger partial charge >= 0.3 is 0 Å². The third-order valence-corrected chi connectivity index (χ3v) is 2.50. The molecule has 0 saturated carbocycles. The maximum absolute atomic E-state index is 11.9. The number of hydrogen-bond donors (Lipinski definition) is 2. The van der Waals surface area contributed by atoms with Gasteiger partial charge in [-0.15, -0.1) is 0 Å². The normalized spacial score (nSPS) is 9.94. The van der Waals surface area contributed by atoms with Crippen LogP contribution in [-0.2, 0) is 0 Å². The van der Waals surface area contributed by atoms with Crippen molar-refractivity contribution in [1.29, 1.82) is 0 Å². The lowest BCUT2D eigenvalue weighted by molar-refractivity contribution is 0.102. The van der Waals surface area contributed by atoms with Crippen LogP contribution in [0.15, 0.2) is 36.8 Å². The van der Waals surface area contributed by atoms with Crippen LogP contribution in [0.2, 0.25) is 5.02 Å². The van der Waals surface area contributed by atoms with E-state index < -0.39 is 0 Å². The Labute approximate surface area is 103 Å². The molecule has 86 valence electrons. The van der Waals surface area contributed by atoms with Crippen LogP contribution < -0.4 is 11.1 Å². The fourth-order valence-electron chi connectivity index (χ4n) is 1.27. The Morgan fingerprint density at radius 2 is 2.18 bits per heavy atom. The van der Waals surface area contributed by atoms with Crippen LogP contribution in [0.1, 0.15) is 10.4 Å². The van der Waals surface area contributed by atoms with E-state index in [1.54, 1.807) is 18.2 Å². The zero-order valence-electron chi connectivity index (χ0n) is 8.72. The van der Waals surface area contributed by atoms with Crippen molar-refractivity contribution in [2.45, 2.75) is 0 Å². The van der Waals surface area contributed by atoms with E-state index >= 15 is 0 Å². The second-order valence-corrected chi connectivity index (χ2v) is 3.63. The van der Waals surface area contributed by atoms with Crippen molar-refractivity contribution in [2.24, 2.45) is 0 Å². The fourth-order valence-corrected chi connectivity index (χ4v) is 1.48. The van der Waals surface area contributed by atoms with Gasteiger partial charge in [-0.3, -0.25) is 9.78 Å². The number of hydrogen-bond acceptors (Lipinski definition) is 4.